The Kier molecular flexibility index (Phi) is 7.11. The highest BCUT2D eigenvalue weighted by atomic mass is 16.5. The van der Waals surface area contributed by atoms with Crippen molar-refractivity contribution in [1.29, 1.82) is 0 Å². The van der Waals surface area contributed by atoms with Gasteiger partial charge in [-0.25, -0.2) is 0 Å². The van der Waals surface area contributed by atoms with E-state index in [1.807, 2.05) is 12.1 Å². The summed E-state index contributed by atoms with van der Waals surface area (Å²) in [7, 11) is 1.69. The average Bonchev–Trinajstić information content (AvgIpc) is 2.84. The number of ether oxygens (including phenoxy) is 1. The van der Waals surface area contributed by atoms with Crippen LogP contribution in [0.4, 0.5) is 0 Å². The fraction of sp³-hybridized carbons (Fsp3) is 0.333. The number of methoxy groups -OCH3 is 1. The van der Waals surface area contributed by atoms with E-state index in [1.165, 1.54) is 55.2 Å². The van der Waals surface area contributed by atoms with Gasteiger partial charge >= 0.3 is 0 Å². The van der Waals surface area contributed by atoms with Crippen LogP contribution in [0.3, 0.4) is 0 Å². The summed E-state index contributed by atoms with van der Waals surface area (Å²) in [6.07, 6.45) is 8.21. The van der Waals surface area contributed by atoms with Gasteiger partial charge in [-0.3, -0.25) is 0 Å². The van der Waals surface area contributed by atoms with Crippen molar-refractivity contribution < 1.29 is 4.74 Å². The Balaban J connectivity index is 1.37. The predicted molar refractivity (Wildman–Crippen MR) is 130 cm³/mol. The van der Waals surface area contributed by atoms with E-state index in [9.17, 15) is 0 Å². The van der Waals surface area contributed by atoms with Crippen LogP contribution >= 0.6 is 0 Å². The van der Waals surface area contributed by atoms with Crippen molar-refractivity contribution in [1.82, 2.24) is 0 Å². The molecular weight excluding hydrogens is 376 g/mol. The van der Waals surface area contributed by atoms with E-state index in [-0.39, 0.29) is 0 Å². The molecule has 4 rings (SSSR count). The summed E-state index contributed by atoms with van der Waals surface area (Å²) < 4.78 is 5.23. The van der Waals surface area contributed by atoms with Crippen LogP contribution in [-0.2, 0) is 0 Å². The molecule has 0 unspecified atom stereocenters. The van der Waals surface area contributed by atoms with Crippen molar-refractivity contribution >= 4 is 0 Å². The standard InChI is InChI=1S/C30H32O/c1-3-4-23-7-13-26(14-8-23)27-15-9-24(10-16-27)5-6-25-11-17-28(18-12-25)29-19-21-30(31-2)22-20-29/h9-12,15-23,26H,3-4,7-8,13-14H2,1-2H3/t23-,26-. The number of rotatable bonds is 5. The summed E-state index contributed by atoms with van der Waals surface area (Å²) in [6, 6.07) is 25.5. The minimum Gasteiger partial charge on any atom is -0.497 e. The van der Waals surface area contributed by atoms with Gasteiger partial charge in [0.15, 0.2) is 0 Å². The summed E-state index contributed by atoms with van der Waals surface area (Å²) >= 11 is 0. The van der Waals surface area contributed by atoms with Gasteiger partial charge in [0.25, 0.3) is 0 Å². The molecule has 0 aliphatic heterocycles. The third kappa shape index (κ3) is 5.59. The van der Waals surface area contributed by atoms with E-state index in [4.69, 9.17) is 4.74 Å². The van der Waals surface area contributed by atoms with Crippen LogP contribution in [-0.4, -0.2) is 7.11 Å². The molecule has 1 aliphatic carbocycles. The highest BCUT2D eigenvalue weighted by Crippen LogP contribution is 2.37. The number of hydrogen-bond donors (Lipinski definition) is 0. The first-order valence-corrected chi connectivity index (χ1v) is 11.6. The maximum Gasteiger partial charge on any atom is 0.118 e. The Bertz CT molecular complexity index is 1010. The zero-order chi connectivity index (χ0) is 21.5. The van der Waals surface area contributed by atoms with Crippen molar-refractivity contribution in [2.24, 2.45) is 5.92 Å². The third-order valence-electron chi connectivity index (χ3n) is 6.59. The molecule has 0 spiro atoms. The highest BCUT2D eigenvalue weighted by Gasteiger charge is 2.21. The lowest BCUT2D eigenvalue weighted by molar-refractivity contribution is 0.308. The molecule has 1 saturated carbocycles. The average molecular weight is 409 g/mol. The summed E-state index contributed by atoms with van der Waals surface area (Å²) in [4.78, 5) is 0. The smallest absolute Gasteiger partial charge is 0.118 e. The van der Waals surface area contributed by atoms with E-state index in [1.54, 1.807) is 7.11 Å². The molecule has 1 heteroatoms. The van der Waals surface area contributed by atoms with Crippen LogP contribution in [0.5, 0.6) is 5.75 Å². The number of hydrogen-bond acceptors (Lipinski definition) is 1. The van der Waals surface area contributed by atoms with Crippen molar-refractivity contribution in [3.8, 4) is 28.7 Å². The molecule has 0 saturated heterocycles. The molecule has 1 nitrogen and oxygen atoms in total. The van der Waals surface area contributed by atoms with Gasteiger partial charge in [-0.15, -0.1) is 0 Å². The molecule has 3 aromatic rings. The molecule has 0 aromatic heterocycles. The first kappa shape index (κ1) is 21.3. The van der Waals surface area contributed by atoms with Gasteiger partial charge < -0.3 is 4.74 Å². The maximum absolute atomic E-state index is 5.23. The van der Waals surface area contributed by atoms with E-state index >= 15 is 0 Å². The molecule has 0 N–H and O–H groups in total. The van der Waals surface area contributed by atoms with Crippen LogP contribution in [0.2, 0.25) is 0 Å². The summed E-state index contributed by atoms with van der Waals surface area (Å²) in [5, 5.41) is 0. The normalized spacial score (nSPS) is 18.1. The topological polar surface area (TPSA) is 9.23 Å². The quantitative estimate of drug-likeness (QED) is 0.391. The second-order valence-corrected chi connectivity index (χ2v) is 8.68. The van der Waals surface area contributed by atoms with E-state index in [2.05, 4.69) is 79.4 Å². The highest BCUT2D eigenvalue weighted by molar-refractivity contribution is 5.65. The van der Waals surface area contributed by atoms with Gasteiger partial charge in [0.05, 0.1) is 7.11 Å². The SMILES string of the molecule is CCC[C@H]1CC[C@H](c2ccc(C#Cc3ccc(-c4ccc(OC)cc4)cc3)cc2)CC1. The van der Waals surface area contributed by atoms with Gasteiger partial charge in [-0.1, -0.05) is 68.0 Å². The van der Waals surface area contributed by atoms with Crippen molar-refractivity contribution in [2.75, 3.05) is 7.11 Å². The molecule has 1 aliphatic rings. The Morgan fingerprint density at radius 3 is 1.74 bits per heavy atom. The van der Waals surface area contributed by atoms with Crippen LogP contribution in [0.25, 0.3) is 11.1 Å². The second-order valence-electron chi connectivity index (χ2n) is 8.68. The fourth-order valence-corrected chi connectivity index (χ4v) is 4.71. The molecule has 0 radical (unpaired) electrons. The molecule has 1 fully saturated rings. The minimum atomic E-state index is 0.737. The summed E-state index contributed by atoms with van der Waals surface area (Å²) in [5.74, 6) is 9.20. The first-order valence-electron chi connectivity index (χ1n) is 11.6. The van der Waals surface area contributed by atoms with Crippen molar-refractivity contribution in [3.63, 3.8) is 0 Å². The molecule has 3 aromatic carbocycles. The fourth-order valence-electron chi connectivity index (χ4n) is 4.71. The molecule has 31 heavy (non-hydrogen) atoms. The summed E-state index contributed by atoms with van der Waals surface area (Å²) in [6.45, 7) is 2.31. The van der Waals surface area contributed by atoms with Crippen LogP contribution in [0, 0.1) is 17.8 Å². The lowest BCUT2D eigenvalue weighted by atomic mass is 9.77. The van der Waals surface area contributed by atoms with Gasteiger partial charge in [0, 0.05) is 11.1 Å². The Labute approximate surface area is 187 Å². The summed E-state index contributed by atoms with van der Waals surface area (Å²) in [5.41, 5.74) is 5.98. The van der Waals surface area contributed by atoms with Gasteiger partial charge in [-0.2, -0.15) is 0 Å². The van der Waals surface area contributed by atoms with E-state index < -0.39 is 0 Å². The monoisotopic (exact) mass is 408 g/mol. The van der Waals surface area contributed by atoms with Crippen molar-refractivity contribution in [2.45, 2.75) is 51.4 Å². The lowest BCUT2D eigenvalue weighted by Crippen LogP contribution is -2.13. The molecule has 158 valence electrons. The first-order chi connectivity index (χ1) is 15.2. The van der Waals surface area contributed by atoms with Crippen LogP contribution in [0.1, 0.15) is 68.1 Å². The van der Waals surface area contributed by atoms with Crippen LogP contribution < -0.4 is 4.74 Å². The molecular formula is C30H32O. The van der Waals surface area contributed by atoms with Gasteiger partial charge in [0.2, 0.25) is 0 Å². The van der Waals surface area contributed by atoms with Gasteiger partial charge in [0.1, 0.15) is 5.75 Å². The van der Waals surface area contributed by atoms with Gasteiger partial charge in [-0.05, 0) is 90.6 Å². The van der Waals surface area contributed by atoms with Crippen molar-refractivity contribution in [3.05, 3.63) is 89.5 Å². The van der Waals surface area contributed by atoms with E-state index in [0.717, 1.165) is 28.7 Å². The lowest BCUT2D eigenvalue weighted by Gasteiger charge is -2.28. The number of benzene rings is 3. The Hall–Kier alpha value is -2.98. The van der Waals surface area contributed by atoms with E-state index in [0.29, 0.717) is 0 Å². The predicted octanol–water partition coefficient (Wildman–Crippen LogP) is 7.84. The zero-order valence-electron chi connectivity index (χ0n) is 18.7. The maximum atomic E-state index is 5.23. The second kappa shape index (κ2) is 10.4. The Morgan fingerprint density at radius 2 is 1.23 bits per heavy atom. The molecule has 0 atom stereocenters. The largest absolute Gasteiger partial charge is 0.497 e. The minimum absolute atomic E-state index is 0.737. The zero-order valence-corrected chi connectivity index (χ0v) is 18.7. The molecule has 0 amide bonds. The van der Waals surface area contributed by atoms with Crippen LogP contribution in [0.15, 0.2) is 72.8 Å². The molecule has 0 bridgehead atoms. The Morgan fingerprint density at radius 1 is 0.710 bits per heavy atom. The third-order valence-corrected chi connectivity index (χ3v) is 6.59. The molecule has 0 heterocycles.